The third-order valence-electron chi connectivity index (χ3n) is 5.68. The lowest BCUT2D eigenvalue weighted by atomic mass is 9.89. The number of aliphatic carboxylic acids is 1. The molecule has 2 amide bonds. The SMILES string of the molecule is CC1CCN(C(=O)N2C3CCC2C(C(=O)O)C3)CC1C. The number of rotatable bonds is 1. The van der Waals surface area contributed by atoms with Gasteiger partial charge in [-0.3, -0.25) is 4.79 Å². The largest absolute Gasteiger partial charge is 0.481 e. The van der Waals surface area contributed by atoms with Crippen molar-refractivity contribution in [2.24, 2.45) is 17.8 Å². The van der Waals surface area contributed by atoms with Crippen molar-refractivity contribution in [3.05, 3.63) is 0 Å². The van der Waals surface area contributed by atoms with Gasteiger partial charge in [0.25, 0.3) is 0 Å². The van der Waals surface area contributed by atoms with Crippen LogP contribution in [0.2, 0.25) is 0 Å². The minimum atomic E-state index is -0.740. The number of piperidine rings is 1. The minimum absolute atomic E-state index is 0.0698. The molecule has 5 atom stereocenters. The predicted octanol–water partition coefficient (Wildman–Crippen LogP) is 2.02. The monoisotopic (exact) mass is 280 g/mol. The quantitative estimate of drug-likeness (QED) is 0.799. The lowest BCUT2D eigenvalue weighted by molar-refractivity contribution is -0.142. The molecule has 0 spiro atoms. The summed E-state index contributed by atoms with van der Waals surface area (Å²) in [4.78, 5) is 27.9. The summed E-state index contributed by atoms with van der Waals surface area (Å²) in [6.07, 6.45) is 3.52. The molecule has 3 fully saturated rings. The Labute approximate surface area is 119 Å². The number of carboxylic acid groups (broad SMARTS) is 1. The van der Waals surface area contributed by atoms with E-state index in [2.05, 4.69) is 13.8 Å². The van der Waals surface area contributed by atoms with Crippen molar-refractivity contribution in [3.63, 3.8) is 0 Å². The first-order valence-corrected chi connectivity index (χ1v) is 7.79. The summed E-state index contributed by atoms with van der Waals surface area (Å²) >= 11 is 0. The molecule has 5 nitrogen and oxygen atoms in total. The molecular weight excluding hydrogens is 256 g/mol. The zero-order valence-corrected chi connectivity index (χ0v) is 12.3. The number of hydrogen-bond acceptors (Lipinski definition) is 2. The van der Waals surface area contributed by atoms with E-state index in [9.17, 15) is 14.7 Å². The summed E-state index contributed by atoms with van der Waals surface area (Å²) in [5.74, 6) is 0.110. The number of carboxylic acids is 1. The molecule has 20 heavy (non-hydrogen) atoms. The summed E-state index contributed by atoms with van der Waals surface area (Å²) in [5, 5.41) is 9.27. The molecule has 0 saturated carbocycles. The fourth-order valence-electron chi connectivity index (χ4n) is 4.15. The van der Waals surface area contributed by atoms with Gasteiger partial charge in [0.05, 0.1) is 5.92 Å². The van der Waals surface area contributed by atoms with E-state index in [-0.39, 0.29) is 24.0 Å². The number of fused-ring (bicyclic) bond motifs is 2. The Kier molecular flexibility index (Phi) is 3.38. The summed E-state index contributed by atoms with van der Waals surface area (Å²) in [5.41, 5.74) is 0. The highest BCUT2D eigenvalue weighted by Crippen LogP contribution is 2.42. The van der Waals surface area contributed by atoms with E-state index in [0.29, 0.717) is 18.3 Å². The summed E-state index contributed by atoms with van der Waals surface area (Å²) in [6, 6.07) is 0.169. The summed E-state index contributed by atoms with van der Waals surface area (Å²) in [6.45, 7) is 6.07. The molecule has 0 aromatic rings. The van der Waals surface area contributed by atoms with Crippen LogP contribution in [0.1, 0.15) is 39.5 Å². The van der Waals surface area contributed by atoms with Crippen LogP contribution in [0, 0.1) is 17.8 Å². The van der Waals surface area contributed by atoms with Gasteiger partial charge >= 0.3 is 12.0 Å². The second-order valence-corrected chi connectivity index (χ2v) is 6.86. The van der Waals surface area contributed by atoms with Crippen molar-refractivity contribution in [2.75, 3.05) is 13.1 Å². The Morgan fingerprint density at radius 1 is 1.10 bits per heavy atom. The van der Waals surface area contributed by atoms with E-state index < -0.39 is 5.97 Å². The maximum Gasteiger partial charge on any atom is 0.320 e. The Bertz CT molecular complexity index is 425. The average molecular weight is 280 g/mol. The van der Waals surface area contributed by atoms with Gasteiger partial charge in [0.2, 0.25) is 0 Å². The van der Waals surface area contributed by atoms with Gasteiger partial charge < -0.3 is 14.9 Å². The number of likely N-dealkylation sites (tertiary alicyclic amines) is 1. The second-order valence-electron chi connectivity index (χ2n) is 6.86. The van der Waals surface area contributed by atoms with Gasteiger partial charge in [0.1, 0.15) is 0 Å². The van der Waals surface area contributed by atoms with Gasteiger partial charge in [-0.25, -0.2) is 4.79 Å². The molecule has 0 aliphatic carbocycles. The molecule has 5 heteroatoms. The third-order valence-corrected chi connectivity index (χ3v) is 5.68. The third kappa shape index (κ3) is 2.07. The molecule has 3 saturated heterocycles. The maximum atomic E-state index is 12.7. The molecule has 3 heterocycles. The number of nitrogens with zero attached hydrogens (tertiary/aromatic N) is 2. The van der Waals surface area contributed by atoms with Crippen LogP contribution in [0.15, 0.2) is 0 Å². The average Bonchev–Trinajstić information content (AvgIpc) is 2.98. The van der Waals surface area contributed by atoms with Crippen LogP contribution < -0.4 is 0 Å². The minimum Gasteiger partial charge on any atom is -0.481 e. The number of urea groups is 1. The number of hydrogen-bond donors (Lipinski definition) is 1. The van der Waals surface area contributed by atoms with Gasteiger partial charge in [-0.1, -0.05) is 13.8 Å². The lowest BCUT2D eigenvalue weighted by Crippen LogP contribution is -2.50. The number of carbonyl (C=O) groups excluding carboxylic acids is 1. The topological polar surface area (TPSA) is 60.9 Å². The van der Waals surface area contributed by atoms with Crippen LogP contribution in [0.3, 0.4) is 0 Å². The van der Waals surface area contributed by atoms with Crippen molar-refractivity contribution in [2.45, 2.75) is 51.6 Å². The van der Waals surface area contributed by atoms with Gasteiger partial charge in [0.15, 0.2) is 0 Å². The summed E-state index contributed by atoms with van der Waals surface area (Å²) < 4.78 is 0. The van der Waals surface area contributed by atoms with Crippen molar-refractivity contribution >= 4 is 12.0 Å². The molecule has 112 valence electrons. The second kappa shape index (κ2) is 4.93. The van der Waals surface area contributed by atoms with E-state index in [1.54, 1.807) is 0 Å². The Morgan fingerprint density at radius 2 is 1.85 bits per heavy atom. The molecule has 0 radical (unpaired) electrons. The first kappa shape index (κ1) is 13.7. The van der Waals surface area contributed by atoms with Crippen LogP contribution in [0.5, 0.6) is 0 Å². The first-order chi connectivity index (χ1) is 9.49. The van der Waals surface area contributed by atoms with E-state index in [0.717, 1.165) is 32.4 Å². The Hall–Kier alpha value is -1.26. The van der Waals surface area contributed by atoms with Crippen LogP contribution in [-0.4, -0.2) is 52.1 Å². The Morgan fingerprint density at radius 3 is 2.45 bits per heavy atom. The van der Waals surface area contributed by atoms with Crippen molar-refractivity contribution in [1.82, 2.24) is 9.80 Å². The van der Waals surface area contributed by atoms with Crippen LogP contribution in [0.25, 0.3) is 0 Å². The molecule has 2 bridgehead atoms. The number of amides is 2. The van der Waals surface area contributed by atoms with E-state index in [1.165, 1.54) is 0 Å². The highest BCUT2D eigenvalue weighted by Gasteiger charge is 2.52. The molecule has 1 N–H and O–H groups in total. The van der Waals surface area contributed by atoms with Crippen molar-refractivity contribution in [1.29, 1.82) is 0 Å². The predicted molar refractivity (Wildman–Crippen MR) is 74.3 cm³/mol. The molecule has 3 rings (SSSR count). The standard InChI is InChI=1S/C15H24N2O3/c1-9-5-6-16(8-10(9)2)15(20)17-11-3-4-13(17)12(7-11)14(18)19/h9-13H,3-8H2,1-2H3,(H,18,19). The van der Waals surface area contributed by atoms with Crippen molar-refractivity contribution < 1.29 is 14.7 Å². The Balaban J connectivity index is 1.71. The van der Waals surface area contributed by atoms with E-state index in [1.807, 2.05) is 9.80 Å². The maximum absolute atomic E-state index is 12.7. The van der Waals surface area contributed by atoms with Gasteiger partial charge in [-0.15, -0.1) is 0 Å². The first-order valence-electron chi connectivity index (χ1n) is 7.79. The van der Waals surface area contributed by atoms with E-state index >= 15 is 0 Å². The normalized spacial score (nSPS) is 40.2. The smallest absolute Gasteiger partial charge is 0.320 e. The van der Waals surface area contributed by atoms with Crippen molar-refractivity contribution in [3.8, 4) is 0 Å². The lowest BCUT2D eigenvalue weighted by Gasteiger charge is -2.38. The van der Waals surface area contributed by atoms with Crippen LogP contribution in [-0.2, 0) is 4.79 Å². The van der Waals surface area contributed by atoms with Gasteiger partial charge in [0, 0.05) is 25.2 Å². The molecule has 0 aromatic carbocycles. The summed E-state index contributed by atoms with van der Waals surface area (Å²) in [7, 11) is 0. The zero-order valence-electron chi connectivity index (χ0n) is 12.3. The molecule has 0 aromatic heterocycles. The highest BCUT2D eigenvalue weighted by atomic mass is 16.4. The van der Waals surface area contributed by atoms with Gasteiger partial charge in [-0.05, 0) is 37.5 Å². The van der Waals surface area contributed by atoms with Gasteiger partial charge in [-0.2, -0.15) is 0 Å². The van der Waals surface area contributed by atoms with E-state index in [4.69, 9.17) is 0 Å². The fraction of sp³-hybridized carbons (Fsp3) is 0.867. The fourth-order valence-corrected chi connectivity index (χ4v) is 4.15. The zero-order chi connectivity index (χ0) is 14.4. The molecule has 3 aliphatic rings. The molecule has 5 unspecified atom stereocenters. The van der Waals surface area contributed by atoms with Crippen LogP contribution in [0.4, 0.5) is 4.79 Å². The molecule has 3 aliphatic heterocycles. The van der Waals surface area contributed by atoms with Crippen LogP contribution >= 0.6 is 0 Å². The number of carbonyl (C=O) groups is 2. The highest BCUT2D eigenvalue weighted by molar-refractivity contribution is 5.79. The molecular formula is C15H24N2O3.